The lowest BCUT2D eigenvalue weighted by molar-refractivity contribution is 0.322. The molecule has 1 heterocycles. The molecule has 1 fully saturated rings. The number of nitrogens with one attached hydrogen (secondary N) is 1. The summed E-state index contributed by atoms with van der Waals surface area (Å²) in [6, 6.07) is 14.6. The highest BCUT2D eigenvalue weighted by molar-refractivity contribution is 14.0. The molecule has 0 amide bonds. The Labute approximate surface area is 190 Å². The quantitative estimate of drug-likeness (QED) is 0.363. The minimum atomic E-state index is 0. The molecule has 0 aliphatic carbocycles. The number of ether oxygens (including phenoxy) is 3. The van der Waals surface area contributed by atoms with Crippen LogP contribution in [0.5, 0.6) is 17.2 Å². The number of guanidine groups is 1. The van der Waals surface area contributed by atoms with Gasteiger partial charge in [-0.3, -0.25) is 4.99 Å². The lowest BCUT2D eigenvalue weighted by atomic mass is 9.99. The first-order chi connectivity index (χ1) is 13.7. The number of halogens is 1. The van der Waals surface area contributed by atoms with E-state index < -0.39 is 0 Å². The highest BCUT2D eigenvalue weighted by atomic mass is 127. The maximum Gasteiger partial charge on any atom is 0.203 e. The van der Waals surface area contributed by atoms with Crippen LogP contribution >= 0.6 is 24.0 Å². The number of likely N-dealkylation sites (tertiary alicyclic amines) is 1. The van der Waals surface area contributed by atoms with Crippen LogP contribution in [-0.4, -0.2) is 52.3 Å². The van der Waals surface area contributed by atoms with Crippen LogP contribution in [0.2, 0.25) is 0 Å². The molecule has 7 heteroatoms. The molecule has 1 atom stereocenters. The van der Waals surface area contributed by atoms with Crippen molar-refractivity contribution in [1.82, 2.24) is 10.2 Å². The first-order valence-corrected chi connectivity index (χ1v) is 9.50. The molecule has 1 saturated heterocycles. The Morgan fingerprint density at radius 2 is 1.76 bits per heavy atom. The van der Waals surface area contributed by atoms with Crippen LogP contribution in [-0.2, 0) is 6.54 Å². The molecule has 0 bridgehead atoms. The molecule has 0 spiro atoms. The number of benzene rings is 2. The Balaban J connectivity index is 0.00000300. The van der Waals surface area contributed by atoms with Gasteiger partial charge in [0.1, 0.15) is 0 Å². The second-order valence-electron chi connectivity index (χ2n) is 6.74. The Morgan fingerprint density at radius 3 is 2.38 bits per heavy atom. The normalized spacial score (nSPS) is 16.2. The zero-order valence-corrected chi connectivity index (χ0v) is 19.8. The molecule has 158 valence electrons. The standard InChI is InChI=1S/C22H29N3O3.HI/c1-23-22(25-13-12-18(15-25)16-8-6-5-7-9-16)24-14-17-10-11-19(26-2)21(28-4)20(17)27-3;/h5-11,18H,12-15H2,1-4H3,(H,23,24);1H. The highest BCUT2D eigenvalue weighted by Crippen LogP contribution is 2.39. The van der Waals surface area contributed by atoms with Crippen LogP contribution < -0.4 is 19.5 Å². The number of aliphatic imine (C=N–C) groups is 1. The van der Waals surface area contributed by atoms with Crippen molar-refractivity contribution in [2.24, 2.45) is 4.99 Å². The fourth-order valence-corrected chi connectivity index (χ4v) is 3.76. The predicted molar refractivity (Wildman–Crippen MR) is 127 cm³/mol. The topological polar surface area (TPSA) is 55.3 Å². The van der Waals surface area contributed by atoms with E-state index in [0.717, 1.165) is 31.0 Å². The summed E-state index contributed by atoms with van der Waals surface area (Å²) in [6.07, 6.45) is 1.13. The van der Waals surface area contributed by atoms with Gasteiger partial charge < -0.3 is 24.4 Å². The van der Waals surface area contributed by atoms with E-state index in [1.54, 1.807) is 21.3 Å². The molecular weight excluding hydrogens is 481 g/mol. The molecule has 2 aromatic carbocycles. The van der Waals surface area contributed by atoms with Gasteiger partial charge in [-0.25, -0.2) is 0 Å². The van der Waals surface area contributed by atoms with Crippen molar-refractivity contribution in [1.29, 1.82) is 0 Å². The Morgan fingerprint density at radius 1 is 1.03 bits per heavy atom. The smallest absolute Gasteiger partial charge is 0.203 e. The number of methoxy groups -OCH3 is 3. The molecule has 3 rings (SSSR count). The third kappa shape index (κ3) is 5.26. The fraction of sp³-hybridized carbons (Fsp3) is 0.409. The molecule has 0 saturated carbocycles. The monoisotopic (exact) mass is 511 g/mol. The summed E-state index contributed by atoms with van der Waals surface area (Å²) in [6.45, 7) is 2.54. The molecular formula is C22H30IN3O3. The van der Waals surface area contributed by atoms with Crippen molar-refractivity contribution >= 4 is 29.9 Å². The van der Waals surface area contributed by atoms with E-state index in [-0.39, 0.29) is 24.0 Å². The summed E-state index contributed by atoms with van der Waals surface area (Å²) < 4.78 is 16.4. The van der Waals surface area contributed by atoms with Crippen molar-refractivity contribution in [2.45, 2.75) is 18.9 Å². The second-order valence-corrected chi connectivity index (χ2v) is 6.74. The minimum absolute atomic E-state index is 0. The van der Waals surface area contributed by atoms with E-state index in [1.165, 1.54) is 5.56 Å². The number of hydrogen-bond donors (Lipinski definition) is 1. The van der Waals surface area contributed by atoms with Gasteiger partial charge in [-0.1, -0.05) is 30.3 Å². The van der Waals surface area contributed by atoms with Crippen molar-refractivity contribution in [3.63, 3.8) is 0 Å². The van der Waals surface area contributed by atoms with Gasteiger partial charge in [0.25, 0.3) is 0 Å². The summed E-state index contributed by atoms with van der Waals surface area (Å²) in [7, 11) is 6.70. The van der Waals surface area contributed by atoms with E-state index in [9.17, 15) is 0 Å². The molecule has 1 aliphatic rings. The molecule has 29 heavy (non-hydrogen) atoms. The van der Waals surface area contributed by atoms with Gasteiger partial charge in [0.2, 0.25) is 5.75 Å². The van der Waals surface area contributed by atoms with Crippen LogP contribution in [0.1, 0.15) is 23.5 Å². The maximum atomic E-state index is 5.58. The molecule has 1 N–H and O–H groups in total. The van der Waals surface area contributed by atoms with E-state index in [4.69, 9.17) is 14.2 Å². The number of rotatable bonds is 6. The van der Waals surface area contributed by atoms with Crippen molar-refractivity contribution in [3.8, 4) is 17.2 Å². The third-order valence-corrected chi connectivity index (χ3v) is 5.19. The van der Waals surface area contributed by atoms with Gasteiger partial charge in [0, 0.05) is 38.2 Å². The van der Waals surface area contributed by atoms with Gasteiger partial charge in [0.15, 0.2) is 17.5 Å². The predicted octanol–water partition coefficient (Wildman–Crippen LogP) is 3.90. The van der Waals surface area contributed by atoms with Crippen molar-refractivity contribution in [2.75, 3.05) is 41.5 Å². The van der Waals surface area contributed by atoms with Gasteiger partial charge in [0.05, 0.1) is 21.3 Å². The van der Waals surface area contributed by atoms with Crippen LogP contribution in [0.15, 0.2) is 47.5 Å². The average molecular weight is 511 g/mol. The Kier molecular flexibility index (Phi) is 8.88. The van der Waals surface area contributed by atoms with Gasteiger partial charge in [-0.2, -0.15) is 0 Å². The third-order valence-electron chi connectivity index (χ3n) is 5.19. The molecule has 0 radical (unpaired) electrons. The lowest BCUT2D eigenvalue weighted by Gasteiger charge is -2.23. The van der Waals surface area contributed by atoms with Crippen molar-refractivity contribution < 1.29 is 14.2 Å². The van der Waals surface area contributed by atoms with Crippen LogP contribution in [0, 0.1) is 0 Å². The average Bonchev–Trinajstić information content (AvgIpc) is 3.24. The zero-order valence-electron chi connectivity index (χ0n) is 17.5. The van der Waals surface area contributed by atoms with E-state index >= 15 is 0 Å². The Hall–Kier alpha value is -2.16. The van der Waals surface area contributed by atoms with E-state index in [0.29, 0.717) is 29.7 Å². The molecule has 2 aromatic rings. The zero-order chi connectivity index (χ0) is 19.9. The minimum Gasteiger partial charge on any atom is -0.493 e. The first kappa shape index (κ1) is 23.1. The molecule has 1 unspecified atom stereocenters. The summed E-state index contributed by atoms with van der Waals surface area (Å²) in [4.78, 5) is 6.79. The highest BCUT2D eigenvalue weighted by Gasteiger charge is 2.26. The first-order valence-electron chi connectivity index (χ1n) is 9.50. The summed E-state index contributed by atoms with van der Waals surface area (Å²) in [5.74, 6) is 3.36. The summed E-state index contributed by atoms with van der Waals surface area (Å²) in [5, 5.41) is 3.46. The largest absolute Gasteiger partial charge is 0.493 e. The van der Waals surface area contributed by atoms with Crippen molar-refractivity contribution in [3.05, 3.63) is 53.6 Å². The van der Waals surface area contributed by atoms with Crippen LogP contribution in [0.3, 0.4) is 0 Å². The van der Waals surface area contributed by atoms with E-state index in [1.807, 2.05) is 19.2 Å². The second kappa shape index (κ2) is 11.1. The number of hydrogen-bond acceptors (Lipinski definition) is 4. The summed E-state index contributed by atoms with van der Waals surface area (Å²) in [5.41, 5.74) is 2.38. The fourth-order valence-electron chi connectivity index (χ4n) is 3.76. The van der Waals surface area contributed by atoms with Gasteiger partial charge >= 0.3 is 0 Å². The van der Waals surface area contributed by atoms with Crippen LogP contribution in [0.4, 0.5) is 0 Å². The number of nitrogens with zero attached hydrogens (tertiary/aromatic N) is 2. The summed E-state index contributed by atoms with van der Waals surface area (Å²) >= 11 is 0. The van der Waals surface area contributed by atoms with Gasteiger partial charge in [-0.05, 0) is 24.1 Å². The molecule has 0 aromatic heterocycles. The Bertz CT molecular complexity index is 814. The van der Waals surface area contributed by atoms with E-state index in [2.05, 4.69) is 45.5 Å². The molecule has 1 aliphatic heterocycles. The van der Waals surface area contributed by atoms with Gasteiger partial charge in [-0.15, -0.1) is 24.0 Å². The lowest BCUT2D eigenvalue weighted by Crippen LogP contribution is -2.39. The maximum absolute atomic E-state index is 5.58. The molecule has 6 nitrogen and oxygen atoms in total. The SMILES string of the molecule is CN=C(NCc1ccc(OC)c(OC)c1OC)N1CCC(c2ccccc2)C1.I. The van der Waals surface area contributed by atoms with Crippen LogP contribution in [0.25, 0.3) is 0 Å².